The standard InChI is InChI=1S/C18H21F5O3/c1-15(16(19,20)17(24,18(21,22)23)26-7-25-15)12-6-10-5-11(12)14-9-3-2-8(4-9)13(10)14/h2-3,8-14,24H,4-7H2,1H3. The third kappa shape index (κ3) is 1.75. The summed E-state index contributed by atoms with van der Waals surface area (Å²) in [5.41, 5.74) is -2.41. The first-order chi connectivity index (χ1) is 12.0. The molecule has 1 aliphatic heterocycles. The Morgan fingerprint density at radius 1 is 1.00 bits per heavy atom. The lowest BCUT2D eigenvalue weighted by Gasteiger charge is -2.54. The number of fused-ring (bicyclic) bond motifs is 9. The largest absolute Gasteiger partial charge is 0.449 e. The van der Waals surface area contributed by atoms with Gasteiger partial charge in [-0.15, -0.1) is 0 Å². The van der Waals surface area contributed by atoms with Crippen LogP contribution >= 0.6 is 0 Å². The van der Waals surface area contributed by atoms with E-state index >= 15 is 8.78 Å². The van der Waals surface area contributed by atoms with Gasteiger partial charge in [0, 0.05) is 0 Å². The molecule has 1 heterocycles. The highest BCUT2D eigenvalue weighted by Crippen LogP contribution is 2.70. The van der Waals surface area contributed by atoms with Gasteiger partial charge in [-0.1, -0.05) is 12.2 Å². The monoisotopic (exact) mass is 380 g/mol. The highest BCUT2D eigenvalue weighted by atomic mass is 19.4. The van der Waals surface area contributed by atoms with Crippen LogP contribution in [-0.2, 0) is 9.47 Å². The molecule has 4 fully saturated rings. The van der Waals surface area contributed by atoms with Gasteiger partial charge in [0.2, 0.25) is 0 Å². The zero-order valence-electron chi connectivity index (χ0n) is 14.2. The van der Waals surface area contributed by atoms with Crippen LogP contribution in [-0.4, -0.2) is 35.4 Å². The Hall–Kier alpha value is -0.730. The quantitative estimate of drug-likeness (QED) is 0.428. The minimum absolute atomic E-state index is 0.101. The highest BCUT2D eigenvalue weighted by Gasteiger charge is 2.82. The van der Waals surface area contributed by atoms with Crippen molar-refractivity contribution in [1.82, 2.24) is 0 Å². The van der Waals surface area contributed by atoms with Crippen molar-refractivity contribution in [3.05, 3.63) is 12.2 Å². The molecule has 3 saturated carbocycles. The Bertz CT molecular complexity index is 664. The minimum Gasteiger partial charge on any atom is -0.354 e. The second-order valence-corrected chi connectivity index (χ2v) is 8.83. The number of allylic oxidation sites excluding steroid dienone is 2. The van der Waals surface area contributed by atoms with Gasteiger partial charge in [-0.2, -0.15) is 22.0 Å². The van der Waals surface area contributed by atoms with Crippen molar-refractivity contribution in [2.75, 3.05) is 6.79 Å². The predicted molar refractivity (Wildman–Crippen MR) is 78.8 cm³/mol. The number of ether oxygens (including phenoxy) is 2. The average Bonchev–Trinajstić information content (AvgIpc) is 3.29. The molecule has 0 radical (unpaired) electrons. The van der Waals surface area contributed by atoms with Crippen molar-refractivity contribution in [2.24, 2.45) is 41.4 Å². The second-order valence-electron chi connectivity index (χ2n) is 8.83. The molecule has 9 atom stereocenters. The average molecular weight is 380 g/mol. The molecule has 0 aromatic carbocycles. The van der Waals surface area contributed by atoms with Gasteiger partial charge in [0.25, 0.3) is 0 Å². The van der Waals surface area contributed by atoms with Gasteiger partial charge >= 0.3 is 17.9 Å². The molecular formula is C18H21F5O3. The van der Waals surface area contributed by atoms with Gasteiger partial charge in [0.05, 0.1) is 0 Å². The third-order valence-corrected chi connectivity index (χ3v) is 8.04. The first-order valence-corrected chi connectivity index (χ1v) is 9.14. The Balaban J connectivity index is 1.51. The molecule has 146 valence electrons. The Morgan fingerprint density at radius 3 is 2.31 bits per heavy atom. The summed E-state index contributed by atoms with van der Waals surface area (Å²) in [5, 5.41) is 9.81. The molecule has 0 aromatic heterocycles. The molecule has 4 bridgehead atoms. The smallest absolute Gasteiger partial charge is 0.354 e. The maximum Gasteiger partial charge on any atom is 0.449 e. The van der Waals surface area contributed by atoms with E-state index in [0.717, 1.165) is 19.8 Å². The summed E-state index contributed by atoms with van der Waals surface area (Å²) in [7, 11) is 0. The molecule has 5 rings (SSSR count). The van der Waals surface area contributed by atoms with Crippen LogP contribution < -0.4 is 0 Å². The van der Waals surface area contributed by atoms with Crippen molar-refractivity contribution in [3.63, 3.8) is 0 Å². The predicted octanol–water partition coefficient (Wildman–Crippen LogP) is 3.73. The van der Waals surface area contributed by atoms with Crippen LogP contribution in [0.15, 0.2) is 12.2 Å². The van der Waals surface area contributed by atoms with E-state index < -0.39 is 36.2 Å². The summed E-state index contributed by atoms with van der Waals surface area (Å²) >= 11 is 0. The lowest BCUT2D eigenvalue weighted by Crippen LogP contribution is -2.75. The minimum atomic E-state index is -5.61. The summed E-state index contributed by atoms with van der Waals surface area (Å²) in [4.78, 5) is 0. The summed E-state index contributed by atoms with van der Waals surface area (Å²) in [6, 6.07) is 0. The molecule has 1 N–H and O–H groups in total. The fourth-order valence-electron chi connectivity index (χ4n) is 7.00. The van der Waals surface area contributed by atoms with Crippen LogP contribution in [0.2, 0.25) is 0 Å². The molecule has 26 heavy (non-hydrogen) atoms. The molecule has 9 unspecified atom stereocenters. The Labute approximate surface area is 147 Å². The van der Waals surface area contributed by atoms with E-state index in [9.17, 15) is 18.3 Å². The van der Waals surface area contributed by atoms with Crippen molar-refractivity contribution in [1.29, 1.82) is 0 Å². The topological polar surface area (TPSA) is 38.7 Å². The normalized spacial score (nSPS) is 57.0. The maximum atomic E-state index is 15.1. The zero-order chi connectivity index (χ0) is 18.7. The van der Waals surface area contributed by atoms with Crippen LogP contribution in [0.5, 0.6) is 0 Å². The van der Waals surface area contributed by atoms with E-state index in [0.29, 0.717) is 24.2 Å². The van der Waals surface area contributed by atoms with Gasteiger partial charge in [0.15, 0.2) is 6.79 Å². The summed E-state index contributed by atoms with van der Waals surface area (Å²) in [5.74, 6) is -8.19. The van der Waals surface area contributed by atoms with Crippen LogP contribution in [0.4, 0.5) is 22.0 Å². The maximum absolute atomic E-state index is 15.1. The van der Waals surface area contributed by atoms with Crippen molar-refractivity contribution in [2.45, 2.75) is 49.7 Å². The first-order valence-electron chi connectivity index (χ1n) is 9.14. The van der Waals surface area contributed by atoms with Crippen LogP contribution in [0, 0.1) is 41.4 Å². The van der Waals surface area contributed by atoms with Crippen LogP contribution in [0.1, 0.15) is 26.2 Å². The number of alkyl halides is 5. The Morgan fingerprint density at radius 2 is 1.65 bits per heavy atom. The van der Waals surface area contributed by atoms with E-state index in [1.165, 1.54) is 0 Å². The van der Waals surface area contributed by atoms with Crippen molar-refractivity contribution >= 4 is 0 Å². The van der Waals surface area contributed by atoms with Gasteiger partial charge in [0.1, 0.15) is 5.60 Å². The van der Waals surface area contributed by atoms with E-state index in [2.05, 4.69) is 16.9 Å². The number of halogens is 5. The van der Waals surface area contributed by atoms with Crippen LogP contribution in [0.25, 0.3) is 0 Å². The number of rotatable bonds is 1. The SMILES string of the molecule is CC1(C2CC3CC2C2C4C=CC(C4)C32)OCOC(O)(C(F)(F)F)C1(F)F. The summed E-state index contributed by atoms with van der Waals surface area (Å²) in [6.45, 7) is 0.0195. The summed E-state index contributed by atoms with van der Waals surface area (Å²) < 4.78 is 79.2. The fraction of sp³-hybridized carbons (Fsp3) is 0.889. The first kappa shape index (κ1) is 17.4. The van der Waals surface area contributed by atoms with Gasteiger partial charge in [-0.3, -0.25) is 0 Å². The van der Waals surface area contributed by atoms with Crippen LogP contribution in [0.3, 0.4) is 0 Å². The molecule has 0 spiro atoms. The van der Waals surface area contributed by atoms with E-state index in [1.807, 2.05) is 0 Å². The molecule has 3 nitrogen and oxygen atoms in total. The lowest BCUT2D eigenvalue weighted by atomic mass is 9.63. The number of aliphatic hydroxyl groups is 1. The number of hydrogen-bond acceptors (Lipinski definition) is 3. The second kappa shape index (κ2) is 4.81. The van der Waals surface area contributed by atoms with E-state index in [4.69, 9.17) is 4.74 Å². The summed E-state index contributed by atoms with van der Waals surface area (Å²) in [6.07, 6.45) is 0.944. The molecule has 8 heteroatoms. The molecule has 1 saturated heterocycles. The van der Waals surface area contributed by atoms with Gasteiger partial charge in [-0.05, 0) is 67.6 Å². The van der Waals surface area contributed by atoms with Crippen molar-refractivity contribution < 1.29 is 36.5 Å². The Kier molecular flexibility index (Phi) is 3.21. The molecule has 0 aromatic rings. The third-order valence-electron chi connectivity index (χ3n) is 8.04. The molecule has 4 aliphatic carbocycles. The molecular weight excluding hydrogens is 359 g/mol. The lowest BCUT2D eigenvalue weighted by molar-refractivity contribution is -0.506. The highest BCUT2D eigenvalue weighted by molar-refractivity contribution is 5.23. The van der Waals surface area contributed by atoms with Gasteiger partial charge in [-0.25, -0.2) is 0 Å². The van der Waals surface area contributed by atoms with E-state index in [-0.39, 0.29) is 17.8 Å². The van der Waals surface area contributed by atoms with Crippen molar-refractivity contribution in [3.8, 4) is 0 Å². The number of hydrogen-bond donors (Lipinski definition) is 1. The van der Waals surface area contributed by atoms with Gasteiger partial charge < -0.3 is 14.6 Å². The zero-order valence-corrected chi connectivity index (χ0v) is 14.2. The fourth-order valence-corrected chi connectivity index (χ4v) is 7.00. The van der Waals surface area contributed by atoms with E-state index in [1.54, 1.807) is 0 Å². The molecule has 0 amide bonds. The molecule has 5 aliphatic rings.